The molecule has 0 bridgehead atoms. The van der Waals surface area contributed by atoms with E-state index in [1.807, 2.05) is 0 Å². The lowest BCUT2D eigenvalue weighted by molar-refractivity contribution is -0.139. The summed E-state index contributed by atoms with van der Waals surface area (Å²) in [6, 6.07) is 4.36. The van der Waals surface area contributed by atoms with Crippen LogP contribution in [0, 0.1) is 12.3 Å². The molecule has 1 rings (SSSR count). The quantitative estimate of drug-likeness (QED) is 0.728. The van der Waals surface area contributed by atoms with Gasteiger partial charge in [0.15, 0.2) is 6.04 Å². The van der Waals surface area contributed by atoms with Crippen LogP contribution in [0.5, 0.6) is 0 Å². The van der Waals surface area contributed by atoms with Crippen LogP contribution in [0.3, 0.4) is 0 Å². The molecule has 0 spiro atoms. The average molecular weight is 295 g/mol. The predicted molar refractivity (Wildman–Crippen MR) is 76.4 cm³/mol. The Kier molecular flexibility index (Phi) is 5.88. The van der Waals surface area contributed by atoms with Crippen molar-refractivity contribution in [2.24, 2.45) is 0 Å². The first kappa shape index (κ1) is 15.9. The number of hydrogen-bond donors (Lipinski definition) is 3. The third-order valence-corrected chi connectivity index (χ3v) is 2.88. The third kappa shape index (κ3) is 4.48. The minimum absolute atomic E-state index is 0.249. The number of terminal acetylenes is 1. The number of carboxylic acid groups (broad SMARTS) is 1. The number of amides is 2. The van der Waals surface area contributed by atoms with Gasteiger partial charge in [-0.1, -0.05) is 29.8 Å². The first-order valence-electron chi connectivity index (χ1n) is 5.93. The Bertz CT molecular complexity index is 539. The summed E-state index contributed by atoms with van der Waals surface area (Å²) in [6.07, 6.45) is 5.49. The summed E-state index contributed by atoms with van der Waals surface area (Å²) in [7, 11) is 0. The highest BCUT2D eigenvalue weighted by atomic mass is 35.5. The number of carbonyl (C=O) groups is 2. The van der Waals surface area contributed by atoms with Gasteiger partial charge in [-0.2, -0.15) is 0 Å². The molecule has 0 fully saturated rings. The van der Waals surface area contributed by atoms with Gasteiger partial charge in [-0.25, -0.2) is 9.59 Å². The monoisotopic (exact) mass is 294 g/mol. The van der Waals surface area contributed by atoms with E-state index in [2.05, 4.69) is 16.6 Å². The first-order chi connectivity index (χ1) is 9.45. The second kappa shape index (κ2) is 7.41. The number of benzene rings is 1. The number of urea groups is 1. The summed E-state index contributed by atoms with van der Waals surface area (Å²) < 4.78 is 0. The van der Waals surface area contributed by atoms with Crippen molar-refractivity contribution in [1.82, 2.24) is 10.6 Å². The Morgan fingerprint density at radius 1 is 1.40 bits per heavy atom. The summed E-state index contributed by atoms with van der Waals surface area (Å²) in [6.45, 7) is 1.73. The molecule has 6 heteroatoms. The van der Waals surface area contributed by atoms with Crippen LogP contribution in [0.2, 0.25) is 5.02 Å². The standard InChI is InChI=1S/C14H15ClN2O3/c1-3-6-9(2)16-14(20)17-12(13(18)19)10-7-4-5-8-11(10)15/h1,4-5,7-9,12H,6H2,2H3,(H,18,19)(H2,16,17,20)/t9?,12-/m1/s1. The second-order valence-corrected chi connectivity index (χ2v) is 4.63. The molecule has 20 heavy (non-hydrogen) atoms. The average Bonchev–Trinajstić information content (AvgIpc) is 2.37. The molecule has 2 atom stereocenters. The van der Waals surface area contributed by atoms with Crippen LogP contribution < -0.4 is 10.6 Å². The van der Waals surface area contributed by atoms with Gasteiger partial charge >= 0.3 is 12.0 Å². The molecule has 1 aromatic rings. The van der Waals surface area contributed by atoms with Gasteiger partial charge in [0.1, 0.15) is 0 Å². The van der Waals surface area contributed by atoms with E-state index in [1.54, 1.807) is 31.2 Å². The van der Waals surface area contributed by atoms with E-state index in [9.17, 15) is 14.7 Å². The van der Waals surface area contributed by atoms with E-state index in [1.165, 1.54) is 0 Å². The summed E-state index contributed by atoms with van der Waals surface area (Å²) in [5.41, 5.74) is 0.321. The fraction of sp³-hybridized carbons (Fsp3) is 0.286. The topological polar surface area (TPSA) is 78.4 Å². The summed E-state index contributed by atoms with van der Waals surface area (Å²) in [5.74, 6) is 1.21. The number of hydrogen-bond acceptors (Lipinski definition) is 2. The molecule has 0 saturated heterocycles. The Morgan fingerprint density at radius 3 is 2.60 bits per heavy atom. The fourth-order valence-corrected chi connectivity index (χ4v) is 1.85. The second-order valence-electron chi connectivity index (χ2n) is 4.22. The maximum absolute atomic E-state index is 11.7. The lowest BCUT2D eigenvalue weighted by Gasteiger charge is -2.18. The smallest absolute Gasteiger partial charge is 0.331 e. The molecule has 0 aliphatic carbocycles. The zero-order chi connectivity index (χ0) is 15.1. The van der Waals surface area contributed by atoms with Gasteiger partial charge < -0.3 is 15.7 Å². The van der Waals surface area contributed by atoms with E-state index < -0.39 is 18.0 Å². The molecule has 5 nitrogen and oxygen atoms in total. The normalized spacial score (nSPS) is 12.8. The van der Waals surface area contributed by atoms with Crippen LogP contribution in [-0.4, -0.2) is 23.1 Å². The van der Waals surface area contributed by atoms with Gasteiger partial charge in [0.2, 0.25) is 0 Å². The fourth-order valence-electron chi connectivity index (χ4n) is 1.61. The number of carbonyl (C=O) groups excluding carboxylic acids is 1. The predicted octanol–water partition coefficient (Wildman–Crippen LogP) is 2.18. The summed E-state index contributed by atoms with van der Waals surface area (Å²) in [4.78, 5) is 23.0. The van der Waals surface area contributed by atoms with Crippen LogP contribution >= 0.6 is 11.6 Å². The Morgan fingerprint density at radius 2 is 2.05 bits per heavy atom. The maximum Gasteiger partial charge on any atom is 0.331 e. The highest BCUT2D eigenvalue weighted by Gasteiger charge is 2.24. The third-order valence-electron chi connectivity index (χ3n) is 2.54. The van der Waals surface area contributed by atoms with Crippen LogP contribution in [0.1, 0.15) is 24.9 Å². The Hall–Kier alpha value is -2.19. The van der Waals surface area contributed by atoms with Gasteiger partial charge in [0.05, 0.1) is 0 Å². The van der Waals surface area contributed by atoms with Crippen LogP contribution in [0.25, 0.3) is 0 Å². The number of rotatable bonds is 5. The van der Waals surface area contributed by atoms with Crippen molar-refractivity contribution in [2.45, 2.75) is 25.4 Å². The molecule has 0 radical (unpaired) electrons. The van der Waals surface area contributed by atoms with E-state index in [0.717, 1.165) is 0 Å². The molecule has 0 aliphatic heterocycles. The molecule has 0 heterocycles. The van der Waals surface area contributed by atoms with Gasteiger partial charge in [0.25, 0.3) is 0 Å². The van der Waals surface area contributed by atoms with E-state index in [0.29, 0.717) is 12.0 Å². The molecule has 0 aliphatic rings. The zero-order valence-electron chi connectivity index (χ0n) is 10.9. The zero-order valence-corrected chi connectivity index (χ0v) is 11.6. The Labute approximate surface area is 122 Å². The number of carboxylic acids is 1. The van der Waals surface area contributed by atoms with E-state index in [-0.39, 0.29) is 11.1 Å². The van der Waals surface area contributed by atoms with Crippen molar-refractivity contribution in [1.29, 1.82) is 0 Å². The van der Waals surface area contributed by atoms with Crippen molar-refractivity contribution in [3.8, 4) is 12.3 Å². The minimum Gasteiger partial charge on any atom is -0.479 e. The SMILES string of the molecule is C#CCC(C)NC(=O)N[C@@H](C(=O)O)c1ccccc1Cl. The van der Waals surface area contributed by atoms with Crippen LogP contribution in [0.4, 0.5) is 4.79 Å². The van der Waals surface area contributed by atoms with Crippen LogP contribution in [-0.2, 0) is 4.79 Å². The molecule has 1 aromatic carbocycles. The van der Waals surface area contributed by atoms with Gasteiger partial charge in [0, 0.05) is 23.0 Å². The highest BCUT2D eigenvalue weighted by Crippen LogP contribution is 2.22. The molecule has 1 unspecified atom stereocenters. The lowest BCUT2D eigenvalue weighted by atomic mass is 10.1. The summed E-state index contributed by atoms with van der Waals surface area (Å²) in [5, 5.41) is 14.4. The number of nitrogens with one attached hydrogen (secondary N) is 2. The first-order valence-corrected chi connectivity index (χ1v) is 6.31. The minimum atomic E-state index is -1.22. The van der Waals surface area contributed by atoms with Crippen molar-refractivity contribution in [2.75, 3.05) is 0 Å². The van der Waals surface area contributed by atoms with Gasteiger partial charge in [-0.05, 0) is 13.0 Å². The van der Waals surface area contributed by atoms with Crippen molar-refractivity contribution in [3.05, 3.63) is 34.9 Å². The number of aliphatic carboxylic acids is 1. The Balaban J connectivity index is 2.80. The molecule has 2 amide bonds. The molecular formula is C14H15ClN2O3. The largest absolute Gasteiger partial charge is 0.479 e. The lowest BCUT2D eigenvalue weighted by Crippen LogP contribution is -2.44. The molecule has 106 valence electrons. The maximum atomic E-state index is 11.7. The van der Waals surface area contributed by atoms with Gasteiger partial charge in [-0.15, -0.1) is 12.3 Å². The summed E-state index contributed by atoms with van der Waals surface area (Å²) >= 11 is 5.94. The van der Waals surface area contributed by atoms with Crippen molar-refractivity contribution < 1.29 is 14.7 Å². The van der Waals surface area contributed by atoms with Crippen molar-refractivity contribution >= 4 is 23.6 Å². The van der Waals surface area contributed by atoms with Gasteiger partial charge in [-0.3, -0.25) is 0 Å². The molecule has 3 N–H and O–H groups in total. The molecular weight excluding hydrogens is 280 g/mol. The van der Waals surface area contributed by atoms with E-state index in [4.69, 9.17) is 18.0 Å². The molecule has 0 saturated carbocycles. The van der Waals surface area contributed by atoms with E-state index >= 15 is 0 Å². The molecule has 0 aromatic heterocycles. The van der Waals surface area contributed by atoms with Crippen molar-refractivity contribution in [3.63, 3.8) is 0 Å². The van der Waals surface area contributed by atoms with Crippen LogP contribution in [0.15, 0.2) is 24.3 Å². The highest BCUT2D eigenvalue weighted by molar-refractivity contribution is 6.31. The number of halogens is 1.